The molecule has 0 fully saturated rings. The van der Waals surface area contributed by atoms with Crippen LogP contribution in [0.25, 0.3) is 11.5 Å². The average Bonchev–Trinajstić information content (AvgIpc) is 3.13. The van der Waals surface area contributed by atoms with E-state index < -0.39 is 0 Å². The monoisotopic (exact) mass is 326 g/mol. The van der Waals surface area contributed by atoms with E-state index in [-0.39, 0.29) is 11.9 Å². The summed E-state index contributed by atoms with van der Waals surface area (Å²) in [6.07, 6.45) is 0. The molecule has 0 spiro atoms. The number of rotatable bonds is 4. The van der Waals surface area contributed by atoms with Crippen LogP contribution >= 0.6 is 0 Å². The number of aromatic nitrogens is 2. The molecule has 1 N–H and O–H groups in total. The Hall–Kier alpha value is -3.09. The summed E-state index contributed by atoms with van der Waals surface area (Å²) in [6.45, 7) is 3.66. The molecule has 0 aliphatic rings. The van der Waals surface area contributed by atoms with Gasteiger partial charge in [-0.2, -0.15) is 0 Å². The number of hydrogen-bond acceptors (Lipinski definition) is 6. The van der Waals surface area contributed by atoms with E-state index >= 15 is 0 Å². The molecule has 0 atom stereocenters. The second-order valence-corrected chi connectivity index (χ2v) is 5.63. The van der Waals surface area contributed by atoms with Crippen LogP contribution in [-0.2, 0) is 0 Å². The maximum Gasteiger partial charge on any atom is 0.322 e. The van der Waals surface area contributed by atoms with Gasteiger partial charge in [0.25, 0.3) is 11.8 Å². The van der Waals surface area contributed by atoms with Gasteiger partial charge in [-0.15, -0.1) is 5.10 Å². The van der Waals surface area contributed by atoms with Crippen LogP contribution in [0.2, 0.25) is 0 Å². The van der Waals surface area contributed by atoms with Gasteiger partial charge in [-0.25, -0.2) is 0 Å². The highest BCUT2D eigenvalue weighted by atomic mass is 16.4. The van der Waals surface area contributed by atoms with Crippen LogP contribution in [0.5, 0.6) is 0 Å². The lowest BCUT2D eigenvalue weighted by Crippen LogP contribution is -2.13. The molecular weight excluding hydrogens is 308 g/mol. The molecule has 24 heavy (non-hydrogen) atoms. The summed E-state index contributed by atoms with van der Waals surface area (Å²) in [4.78, 5) is 14.2. The molecule has 3 rings (SSSR count). The zero-order valence-corrected chi connectivity index (χ0v) is 14.0. The Labute approximate surface area is 139 Å². The van der Waals surface area contributed by atoms with Crippen molar-refractivity contribution >= 4 is 17.6 Å². The van der Waals surface area contributed by atoms with E-state index in [9.17, 15) is 4.79 Å². The molecule has 0 bridgehead atoms. The number of carbonyl (C=O) groups is 1. The highest BCUT2D eigenvalue weighted by Crippen LogP contribution is 2.26. The molecule has 0 aliphatic heterocycles. The molecule has 2 heterocycles. The van der Waals surface area contributed by atoms with Crippen molar-refractivity contribution in [1.82, 2.24) is 10.2 Å². The topological polar surface area (TPSA) is 84.4 Å². The Kier molecular flexibility index (Phi) is 4.07. The molecule has 124 valence electrons. The molecular formula is C17H18N4O3. The van der Waals surface area contributed by atoms with E-state index in [0.717, 1.165) is 17.0 Å². The van der Waals surface area contributed by atoms with Crippen molar-refractivity contribution < 1.29 is 13.6 Å². The third-order valence-corrected chi connectivity index (χ3v) is 3.56. The van der Waals surface area contributed by atoms with Crippen LogP contribution in [0.1, 0.15) is 21.9 Å². The van der Waals surface area contributed by atoms with Gasteiger partial charge in [-0.3, -0.25) is 10.1 Å². The molecule has 7 heteroatoms. The average molecular weight is 326 g/mol. The minimum absolute atomic E-state index is 0.0462. The minimum atomic E-state index is -0.310. The first-order chi connectivity index (χ1) is 11.4. The number of aryl methyl sites for hydroxylation is 2. The van der Waals surface area contributed by atoms with Crippen molar-refractivity contribution in [2.75, 3.05) is 24.3 Å². The first-order valence-corrected chi connectivity index (χ1v) is 7.43. The van der Waals surface area contributed by atoms with Crippen LogP contribution in [0.4, 0.5) is 11.7 Å². The highest BCUT2D eigenvalue weighted by molar-refractivity contribution is 6.03. The lowest BCUT2D eigenvalue weighted by molar-refractivity contribution is 0.102. The first-order valence-electron chi connectivity index (χ1n) is 7.43. The number of nitrogens with zero attached hydrogens (tertiary/aromatic N) is 3. The largest absolute Gasteiger partial charge is 0.466 e. The predicted molar refractivity (Wildman–Crippen MR) is 90.2 cm³/mol. The van der Waals surface area contributed by atoms with Crippen LogP contribution in [0.15, 0.2) is 39.2 Å². The highest BCUT2D eigenvalue weighted by Gasteiger charge is 2.16. The summed E-state index contributed by atoms with van der Waals surface area (Å²) >= 11 is 0. The van der Waals surface area contributed by atoms with E-state index in [1.165, 1.54) is 0 Å². The number of carbonyl (C=O) groups excluding carboxylic acids is 1. The van der Waals surface area contributed by atoms with Crippen molar-refractivity contribution in [1.29, 1.82) is 0 Å². The Morgan fingerprint density at radius 3 is 2.38 bits per heavy atom. The molecule has 3 aromatic rings. The van der Waals surface area contributed by atoms with Crippen LogP contribution < -0.4 is 10.2 Å². The van der Waals surface area contributed by atoms with Gasteiger partial charge < -0.3 is 13.7 Å². The Morgan fingerprint density at radius 2 is 1.79 bits per heavy atom. The number of furan rings is 1. The van der Waals surface area contributed by atoms with Crippen molar-refractivity contribution in [3.63, 3.8) is 0 Å². The SMILES string of the molecule is Cc1cc(-c2nnc(NC(=O)c3ccc(N(C)C)cc3)o2)c(C)o1. The second kappa shape index (κ2) is 6.19. The van der Waals surface area contributed by atoms with E-state index in [1.54, 1.807) is 12.1 Å². The Morgan fingerprint density at radius 1 is 1.08 bits per heavy atom. The summed E-state index contributed by atoms with van der Waals surface area (Å²) in [5, 5.41) is 10.4. The fraction of sp³-hybridized carbons (Fsp3) is 0.235. The van der Waals surface area contributed by atoms with Crippen molar-refractivity contribution in [3.8, 4) is 11.5 Å². The summed E-state index contributed by atoms with van der Waals surface area (Å²) in [5.41, 5.74) is 2.24. The third kappa shape index (κ3) is 3.15. The number of benzene rings is 1. The van der Waals surface area contributed by atoms with Crippen molar-refractivity contribution in [2.24, 2.45) is 0 Å². The molecule has 0 unspecified atom stereocenters. The summed E-state index contributed by atoms with van der Waals surface area (Å²) < 4.78 is 10.9. The summed E-state index contributed by atoms with van der Waals surface area (Å²) in [6, 6.07) is 9.08. The molecule has 1 amide bonds. The zero-order chi connectivity index (χ0) is 17.3. The van der Waals surface area contributed by atoms with Crippen LogP contribution in [0.3, 0.4) is 0 Å². The van der Waals surface area contributed by atoms with E-state index in [1.807, 2.05) is 51.0 Å². The maximum atomic E-state index is 12.2. The summed E-state index contributed by atoms with van der Waals surface area (Å²) in [5.74, 6) is 1.44. The third-order valence-electron chi connectivity index (χ3n) is 3.56. The first kappa shape index (κ1) is 15.8. The molecule has 0 saturated carbocycles. The van der Waals surface area contributed by atoms with Gasteiger partial charge in [0.1, 0.15) is 11.5 Å². The van der Waals surface area contributed by atoms with Gasteiger partial charge in [0.15, 0.2) is 0 Å². The van der Waals surface area contributed by atoms with Crippen molar-refractivity contribution in [3.05, 3.63) is 47.4 Å². The van der Waals surface area contributed by atoms with E-state index in [4.69, 9.17) is 8.83 Å². The fourth-order valence-electron chi connectivity index (χ4n) is 2.31. The Balaban J connectivity index is 1.74. The summed E-state index contributed by atoms with van der Waals surface area (Å²) in [7, 11) is 3.88. The number of hydrogen-bond donors (Lipinski definition) is 1. The zero-order valence-electron chi connectivity index (χ0n) is 14.0. The number of amides is 1. The molecule has 0 saturated heterocycles. The van der Waals surface area contributed by atoms with Gasteiger partial charge in [0, 0.05) is 25.3 Å². The molecule has 0 aliphatic carbocycles. The Bertz CT molecular complexity index is 862. The van der Waals surface area contributed by atoms with Crippen molar-refractivity contribution in [2.45, 2.75) is 13.8 Å². The van der Waals surface area contributed by atoms with Gasteiger partial charge >= 0.3 is 6.01 Å². The normalized spacial score (nSPS) is 10.7. The van der Waals surface area contributed by atoms with Gasteiger partial charge in [-0.05, 0) is 44.2 Å². The number of anilines is 2. The molecule has 7 nitrogen and oxygen atoms in total. The number of nitrogens with one attached hydrogen (secondary N) is 1. The maximum absolute atomic E-state index is 12.2. The minimum Gasteiger partial charge on any atom is -0.466 e. The lowest BCUT2D eigenvalue weighted by atomic mass is 10.2. The smallest absolute Gasteiger partial charge is 0.322 e. The molecule has 1 aromatic carbocycles. The van der Waals surface area contributed by atoms with Gasteiger partial charge in [0.05, 0.1) is 5.56 Å². The quantitative estimate of drug-likeness (QED) is 0.792. The van der Waals surface area contributed by atoms with Crippen LogP contribution in [0, 0.1) is 13.8 Å². The van der Waals surface area contributed by atoms with E-state index in [2.05, 4.69) is 15.5 Å². The fourth-order valence-corrected chi connectivity index (χ4v) is 2.31. The predicted octanol–water partition coefficient (Wildman–Crippen LogP) is 3.26. The molecule has 0 radical (unpaired) electrons. The van der Waals surface area contributed by atoms with Gasteiger partial charge in [0.2, 0.25) is 0 Å². The molecule has 2 aromatic heterocycles. The van der Waals surface area contributed by atoms with Crippen LogP contribution in [-0.4, -0.2) is 30.2 Å². The lowest BCUT2D eigenvalue weighted by Gasteiger charge is -2.12. The second-order valence-electron chi connectivity index (χ2n) is 5.63. The standard InChI is InChI=1S/C17H18N4O3/c1-10-9-14(11(2)23-10)16-19-20-17(24-16)18-15(22)12-5-7-13(8-6-12)21(3)4/h5-9H,1-4H3,(H,18,20,22). The van der Waals surface area contributed by atoms with E-state index in [0.29, 0.717) is 17.2 Å². The van der Waals surface area contributed by atoms with Gasteiger partial charge in [-0.1, -0.05) is 5.10 Å².